The molecular weight excluding hydrogens is 238 g/mol. The smallest absolute Gasteiger partial charge is 0.0661 e. The maximum absolute atomic E-state index is 5.93. The van der Waals surface area contributed by atoms with Crippen LogP contribution in [0.2, 0.25) is 0 Å². The molecule has 0 aromatic rings. The lowest BCUT2D eigenvalue weighted by Gasteiger charge is -2.64. The first-order valence-corrected chi connectivity index (χ1v) is 7.95. The molecule has 3 aliphatic rings. The summed E-state index contributed by atoms with van der Waals surface area (Å²) in [6.07, 6.45) is 7.41. The molecule has 4 unspecified atom stereocenters. The largest absolute Gasteiger partial charge is 0.381 e. The van der Waals surface area contributed by atoms with Crippen molar-refractivity contribution >= 4 is 0 Å². The molecule has 0 aromatic carbocycles. The molecule has 0 bridgehead atoms. The predicted octanol–water partition coefficient (Wildman–Crippen LogP) is 2.74. The normalized spacial score (nSPS) is 42.3. The van der Waals surface area contributed by atoms with Gasteiger partial charge in [0.05, 0.1) is 12.2 Å². The van der Waals surface area contributed by atoms with Crippen molar-refractivity contribution in [3.05, 3.63) is 0 Å². The molecule has 19 heavy (non-hydrogen) atoms. The summed E-state index contributed by atoms with van der Waals surface area (Å²) in [5.41, 5.74) is 0.751. The van der Waals surface area contributed by atoms with Gasteiger partial charge >= 0.3 is 0 Å². The molecule has 1 N–H and O–H groups in total. The highest BCUT2D eigenvalue weighted by molar-refractivity contribution is 5.15. The average molecular weight is 267 g/mol. The molecule has 0 heterocycles. The summed E-state index contributed by atoms with van der Waals surface area (Å²) in [5, 5.41) is 3.93. The lowest BCUT2D eigenvalue weighted by atomic mass is 9.50. The van der Waals surface area contributed by atoms with Gasteiger partial charge in [0.15, 0.2) is 0 Å². The Morgan fingerprint density at radius 1 is 1.11 bits per heavy atom. The van der Waals surface area contributed by atoms with E-state index in [0.29, 0.717) is 29.7 Å². The van der Waals surface area contributed by atoms with E-state index in [4.69, 9.17) is 9.47 Å². The van der Waals surface area contributed by atoms with Gasteiger partial charge in [0, 0.05) is 36.6 Å². The van der Waals surface area contributed by atoms with Crippen molar-refractivity contribution in [1.82, 2.24) is 5.32 Å². The monoisotopic (exact) mass is 267 g/mol. The second-order valence-corrected chi connectivity index (χ2v) is 7.32. The van der Waals surface area contributed by atoms with Gasteiger partial charge < -0.3 is 14.8 Å². The Bertz CT molecular complexity index is 338. The highest BCUT2D eigenvalue weighted by Crippen LogP contribution is 2.58. The van der Waals surface area contributed by atoms with Crippen molar-refractivity contribution in [1.29, 1.82) is 0 Å². The lowest BCUT2D eigenvalue weighted by molar-refractivity contribution is -0.188. The first kappa shape index (κ1) is 13.8. The zero-order valence-corrected chi connectivity index (χ0v) is 12.9. The van der Waals surface area contributed by atoms with Crippen LogP contribution in [0.15, 0.2) is 0 Å². The van der Waals surface area contributed by atoms with Crippen molar-refractivity contribution < 1.29 is 9.47 Å². The second kappa shape index (κ2) is 4.71. The molecule has 1 spiro atoms. The van der Waals surface area contributed by atoms with Gasteiger partial charge in [-0.15, -0.1) is 0 Å². The maximum Gasteiger partial charge on any atom is 0.0661 e. The van der Waals surface area contributed by atoms with Gasteiger partial charge in [0.2, 0.25) is 0 Å². The fraction of sp³-hybridized carbons (Fsp3) is 1.00. The number of methoxy groups -OCH3 is 1. The molecule has 0 saturated heterocycles. The van der Waals surface area contributed by atoms with Crippen LogP contribution in [0.4, 0.5) is 0 Å². The lowest BCUT2D eigenvalue weighted by Crippen LogP contribution is -2.72. The van der Waals surface area contributed by atoms with Crippen LogP contribution < -0.4 is 5.32 Å². The second-order valence-electron chi connectivity index (χ2n) is 7.32. The standard InChI is InChI=1S/C16H29NO2/c1-5-19-14-10-12(16(14)7-6-8-16)17-11-9-13(18-4)15(11,2)3/h11-14,17H,5-10H2,1-4H3. The van der Waals surface area contributed by atoms with Crippen molar-refractivity contribution in [2.24, 2.45) is 10.8 Å². The van der Waals surface area contributed by atoms with Crippen LogP contribution in [0.5, 0.6) is 0 Å². The highest BCUT2D eigenvalue weighted by atomic mass is 16.5. The van der Waals surface area contributed by atoms with Crippen molar-refractivity contribution in [3.63, 3.8) is 0 Å². The Morgan fingerprint density at radius 3 is 2.26 bits per heavy atom. The molecule has 3 rings (SSSR count). The molecule has 4 atom stereocenters. The molecule has 0 aliphatic heterocycles. The van der Waals surface area contributed by atoms with Gasteiger partial charge in [-0.05, 0) is 32.6 Å². The Kier molecular flexibility index (Phi) is 3.43. The van der Waals surface area contributed by atoms with E-state index in [0.717, 1.165) is 13.0 Å². The highest BCUT2D eigenvalue weighted by Gasteiger charge is 2.61. The SMILES string of the molecule is CCOC1CC(NC2CC(OC)C2(C)C)C12CCC2. The van der Waals surface area contributed by atoms with Gasteiger partial charge in [-0.3, -0.25) is 0 Å². The van der Waals surface area contributed by atoms with E-state index in [1.165, 1.54) is 25.7 Å². The first-order chi connectivity index (χ1) is 9.04. The molecule has 3 heteroatoms. The summed E-state index contributed by atoms with van der Waals surface area (Å²) in [7, 11) is 1.84. The maximum atomic E-state index is 5.93. The van der Waals surface area contributed by atoms with Crippen LogP contribution in [0.1, 0.15) is 52.9 Å². The molecular formula is C16H29NO2. The zero-order chi connectivity index (χ0) is 13.7. The Morgan fingerprint density at radius 2 is 1.79 bits per heavy atom. The van der Waals surface area contributed by atoms with Crippen molar-refractivity contribution in [2.45, 2.75) is 77.2 Å². The van der Waals surface area contributed by atoms with Crippen LogP contribution in [-0.4, -0.2) is 38.0 Å². The van der Waals surface area contributed by atoms with Crippen LogP contribution in [0.3, 0.4) is 0 Å². The van der Waals surface area contributed by atoms with Gasteiger partial charge in [0.1, 0.15) is 0 Å². The molecule has 0 radical (unpaired) electrons. The molecule has 3 fully saturated rings. The van der Waals surface area contributed by atoms with Crippen molar-refractivity contribution in [3.8, 4) is 0 Å². The van der Waals surface area contributed by atoms with E-state index in [1.54, 1.807) is 0 Å². The van der Waals surface area contributed by atoms with Crippen LogP contribution >= 0.6 is 0 Å². The van der Waals surface area contributed by atoms with E-state index in [2.05, 4.69) is 26.1 Å². The van der Waals surface area contributed by atoms with Gasteiger partial charge in [-0.25, -0.2) is 0 Å². The van der Waals surface area contributed by atoms with Gasteiger partial charge in [0.25, 0.3) is 0 Å². The van der Waals surface area contributed by atoms with E-state index in [9.17, 15) is 0 Å². The van der Waals surface area contributed by atoms with Gasteiger partial charge in [-0.1, -0.05) is 20.3 Å². The molecule has 3 aliphatic carbocycles. The minimum Gasteiger partial charge on any atom is -0.381 e. The number of nitrogens with one attached hydrogen (secondary N) is 1. The third-order valence-corrected chi connectivity index (χ3v) is 6.30. The Labute approximate surface area is 117 Å². The Balaban J connectivity index is 1.57. The summed E-state index contributed by atoms with van der Waals surface area (Å²) < 4.78 is 11.5. The van der Waals surface area contributed by atoms with Crippen molar-refractivity contribution in [2.75, 3.05) is 13.7 Å². The minimum atomic E-state index is 0.274. The van der Waals surface area contributed by atoms with Gasteiger partial charge in [-0.2, -0.15) is 0 Å². The van der Waals surface area contributed by atoms with Crippen LogP contribution in [0.25, 0.3) is 0 Å². The third-order valence-electron chi connectivity index (χ3n) is 6.30. The van der Waals surface area contributed by atoms with E-state index in [1.807, 2.05) is 7.11 Å². The quantitative estimate of drug-likeness (QED) is 0.831. The number of rotatable bonds is 5. The minimum absolute atomic E-state index is 0.274. The summed E-state index contributed by atoms with van der Waals surface area (Å²) in [6, 6.07) is 1.29. The number of ether oxygens (including phenoxy) is 2. The predicted molar refractivity (Wildman–Crippen MR) is 76.2 cm³/mol. The number of hydrogen-bond acceptors (Lipinski definition) is 3. The number of hydrogen-bond donors (Lipinski definition) is 1. The third kappa shape index (κ3) is 1.89. The summed E-state index contributed by atoms with van der Waals surface area (Å²) in [5.74, 6) is 0. The molecule has 3 nitrogen and oxygen atoms in total. The molecule has 0 aromatic heterocycles. The average Bonchev–Trinajstić information content (AvgIpc) is 2.28. The van der Waals surface area contributed by atoms with E-state index in [-0.39, 0.29) is 5.41 Å². The topological polar surface area (TPSA) is 30.5 Å². The fourth-order valence-corrected chi connectivity index (χ4v) is 4.48. The van der Waals surface area contributed by atoms with E-state index < -0.39 is 0 Å². The molecule has 3 saturated carbocycles. The summed E-state index contributed by atoms with van der Waals surface area (Å²) >= 11 is 0. The Hall–Kier alpha value is -0.120. The zero-order valence-electron chi connectivity index (χ0n) is 12.9. The summed E-state index contributed by atoms with van der Waals surface area (Å²) in [6.45, 7) is 7.63. The van der Waals surface area contributed by atoms with E-state index >= 15 is 0 Å². The first-order valence-electron chi connectivity index (χ1n) is 7.95. The summed E-state index contributed by atoms with van der Waals surface area (Å²) in [4.78, 5) is 0. The molecule has 0 amide bonds. The molecule has 110 valence electrons. The fourth-order valence-electron chi connectivity index (χ4n) is 4.48. The van der Waals surface area contributed by atoms with Crippen LogP contribution in [0, 0.1) is 10.8 Å². The van der Waals surface area contributed by atoms with Crippen LogP contribution in [-0.2, 0) is 9.47 Å².